The Morgan fingerprint density at radius 3 is 2.33 bits per heavy atom. The first-order valence-electron chi connectivity index (χ1n) is 12.1. The molecule has 0 aliphatic carbocycles. The van der Waals surface area contributed by atoms with Crippen molar-refractivity contribution in [2.24, 2.45) is 0 Å². The van der Waals surface area contributed by atoms with Crippen LogP contribution in [0.3, 0.4) is 0 Å². The van der Waals surface area contributed by atoms with Crippen molar-refractivity contribution in [2.75, 3.05) is 38.7 Å². The van der Waals surface area contributed by atoms with Crippen molar-refractivity contribution in [3.8, 4) is 17.2 Å². The highest BCUT2D eigenvalue weighted by molar-refractivity contribution is 7.89. The van der Waals surface area contributed by atoms with Crippen molar-refractivity contribution in [3.63, 3.8) is 0 Å². The largest absolute Gasteiger partial charge is 0.486 e. The maximum atomic E-state index is 12.9. The van der Waals surface area contributed by atoms with E-state index >= 15 is 0 Å². The summed E-state index contributed by atoms with van der Waals surface area (Å²) in [6.45, 7) is 4.80. The molecule has 0 saturated heterocycles. The van der Waals surface area contributed by atoms with Gasteiger partial charge in [-0.05, 0) is 56.3 Å². The molecular weight excluding hydrogens is 526 g/mol. The molecule has 3 aromatic rings. The highest BCUT2D eigenvalue weighted by Gasteiger charge is 2.25. The number of fused-ring (bicyclic) bond motifs is 1. The first-order chi connectivity index (χ1) is 18.5. The number of Topliss-reactive ketones (excluding diaryl/α,β-unsaturated/α-hetero) is 1. The molecule has 0 bridgehead atoms. The second-order valence-corrected chi connectivity index (χ2v) is 11.0. The molecule has 206 valence electrons. The predicted molar refractivity (Wildman–Crippen MR) is 142 cm³/mol. The highest BCUT2D eigenvalue weighted by Crippen LogP contribution is 2.33. The number of aromatic nitrogens is 1. The molecule has 12 heteroatoms. The van der Waals surface area contributed by atoms with Crippen molar-refractivity contribution in [1.82, 2.24) is 8.87 Å². The summed E-state index contributed by atoms with van der Waals surface area (Å²) < 4.78 is 44.7. The summed E-state index contributed by atoms with van der Waals surface area (Å²) in [6, 6.07) is 12.8. The molecule has 1 aliphatic heterocycles. The topological polar surface area (TPSA) is 133 Å². The Hall–Kier alpha value is -4.16. The molecule has 2 heterocycles. The number of carbonyl (C=O) groups is 3. The lowest BCUT2D eigenvalue weighted by atomic mass is 10.1. The van der Waals surface area contributed by atoms with Crippen LogP contribution in [0.15, 0.2) is 53.4 Å². The summed E-state index contributed by atoms with van der Waals surface area (Å²) in [6.07, 6.45) is 0. The fourth-order valence-electron chi connectivity index (χ4n) is 4.24. The first-order valence-corrected chi connectivity index (χ1v) is 13.5. The Morgan fingerprint density at radius 2 is 1.67 bits per heavy atom. The zero-order valence-corrected chi connectivity index (χ0v) is 22.8. The van der Waals surface area contributed by atoms with Crippen LogP contribution >= 0.6 is 0 Å². The number of ketones is 1. The molecule has 1 N–H and O–H groups in total. The number of aryl methyl sites for hydroxylation is 1. The molecule has 1 aromatic heterocycles. The Kier molecular flexibility index (Phi) is 8.07. The van der Waals surface area contributed by atoms with E-state index in [2.05, 4.69) is 5.32 Å². The minimum Gasteiger partial charge on any atom is -0.486 e. The van der Waals surface area contributed by atoms with Gasteiger partial charge in [0, 0.05) is 48.4 Å². The fraction of sp³-hybridized carbons (Fsp3) is 0.296. The van der Waals surface area contributed by atoms with Crippen molar-refractivity contribution in [1.29, 1.82) is 0 Å². The average Bonchev–Trinajstić information content (AvgIpc) is 3.20. The minimum atomic E-state index is -4.00. The molecule has 0 saturated carbocycles. The summed E-state index contributed by atoms with van der Waals surface area (Å²) in [4.78, 5) is 36.4. The third kappa shape index (κ3) is 6.13. The van der Waals surface area contributed by atoms with Gasteiger partial charge in [0.05, 0.1) is 4.90 Å². The number of hydrogen-bond donors (Lipinski definition) is 1. The van der Waals surface area contributed by atoms with Crippen LogP contribution in [0, 0.1) is 13.8 Å². The van der Waals surface area contributed by atoms with E-state index in [0.717, 1.165) is 15.7 Å². The van der Waals surface area contributed by atoms with Gasteiger partial charge >= 0.3 is 5.97 Å². The molecule has 0 unspecified atom stereocenters. The van der Waals surface area contributed by atoms with E-state index in [9.17, 15) is 22.8 Å². The molecule has 4 rings (SSSR count). The molecule has 0 fully saturated rings. The van der Waals surface area contributed by atoms with Gasteiger partial charge < -0.3 is 24.1 Å². The lowest BCUT2D eigenvalue weighted by Gasteiger charge is -2.20. The van der Waals surface area contributed by atoms with E-state index in [1.165, 1.54) is 38.2 Å². The third-order valence-electron chi connectivity index (χ3n) is 6.11. The number of anilines is 1. The van der Waals surface area contributed by atoms with Crippen LogP contribution in [0.25, 0.3) is 5.69 Å². The molecule has 11 nitrogen and oxygen atoms in total. The van der Waals surface area contributed by atoms with Crippen molar-refractivity contribution >= 4 is 33.4 Å². The van der Waals surface area contributed by atoms with Gasteiger partial charge in [-0.2, -0.15) is 4.31 Å². The summed E-state index contributed by atoms with van der Waals surface area (Å²) in [5, 5.41) is 2.55. The van der Waals surface area contributed by atoms with Gasteiger partial charge in [0.25, 0.3) is 0 Å². The Bertz CT molecular complexity index is 1530. The maximum Gasteiger partial charge on any atom is 0.321 e. The van der Waals surface area contributed by atoms with Crippen LogP contribution in [-0.2, 0) is 24.3 Å². The van der Waals surface area contributed by atoms with Crippen LogP contribution in [0.2, 0.25) is 0 Å². The molecular formula is C27H29N3O8S. The van der Waals surface area contributed by atoms with Crippen LogP contribution in [0.4, 0.5) is 5.69 Å². The molecule has 0 atom stereocenters. The number of nitrogens with zero attached hydrogens (tertiary/aromatic N) is 2. The van der Waals surface area contributed by atoms with Crippen molar-refractivity contribution in [2.45, 2.75) is 25.7 Å². The van der Waals surface area contributed by atoms with E-state index in [0.29, 0.717) is 41.7 Å². The first kappa shape index (κ1) is 27.9. The standard InChI is InChI=1S/C27H29N3O8S/c1-17-13-23(18(2)30(17)21-7-10-25-26(14-21)37-12-11-36-25)24(32)16-38-27(33)15-29(4)39(34,35)22-8-5-20(6-9-22)28-19(3)31/h5-10,13-14H,11-12,15-16H2,1-4H3,(H,28,31). The molecule has 1 amide bonds. The Balaban J connectivity index is 1.39. The second-order valence-electron chi connectivity index (χ2n) is 9.00. The van der Waals surface area contributed by atoms with Gasteiger partial charge in [0.15, 0.2) is 18.1 Å². The maximum absolute atomic E-state index is 12.9. The van der Waals surface area contributed by atoms with Gasteiger partial charge in [-0.15, -0.1) is 0 Å². The van der Waals surface area contributed by atoms with Gasteiger partial charge in [-0.1, -0.05) is 0 Å². The Labute approximate surface area is 226 Å². The number of benzene rings is 2. The lowest BCUT2D eigenvalue weighted by Crippen LogP contribution is -2.33. The van der Waals surface area contributed by atoms with Crippen LogP contribution in [0.5, 0.6) is 11.5 Å². The molecule has 0 spiro atoms. The number of ether oxygens (including phenoxy) is 3. The fourth-order valence-corrected chi connectivity index (χ4v) is 5.36. The SMILES string of the molecule is CC(=O)Nc1ccc(S(=O)(=O)N(C)CC(=O)OCC(=O)c2cc(C)n(-c3ccc4c(c3)OCCO4)c2C)cc1. The van der Waals surface area contributed by atoms with E-state index in [1.54, 1.807) is 13.0 Å². The minimum absolute atomic E-state index is 0.0606. The highest BCUT2D eigenvalue weighted by atomic mass is 32.2. The summed E-state index contributed by atoms with van der Waals surface area (Å²) in [5.74, 6) is -0.296. The third-order valence-corrected chi connectivity index (χ3v) is 7.93. The van der Waals surface area contributed by atoms with Crippen molar-refractivity contribution < 1.29 is 37.0 Å². The van der Waals surface area contributed by atoms with Crippen LogP contribution < -0.4 is 14.8 Å². The van der Waals surface area contributed by atoms with Crippen molar-refractivity contribution in [3.05, 3.63) is 65.5 Å². The number of sulfonamides is 1. The Morgan fingerprint density at radius 1 is 1.00 bits per heavy atom. The summed E-state index contributed by atoms with van der Waals surface area (Å²) >= 11 is 0. The number of hydrogen-bond acceptors (Lipinski definition) is 8. The lowest BCUT2D eigenvalue weighted by molar-refractivity contribution is -0.142. The summed E-state index contributed by atoms with van der Waals surface area (Å²) in [5.41, 5.74) is 3.08. The number of carbonyl (C=O) groups excluding carboxylic acids is 3. The molecule has 2 aromatic carbocycles. The number of amides is 1. The van der Waals surface area contributed by atoms with E-state index in [4.69, 9.17) is 14.2 Å². The zero-order chi connectivity index (χ0) is 28.3. The second kappa shape index (κ2) is 11.3. The summed E-state index contributed by atoms with van der Waals surface area (Å²) in [7, 11) is -2.77. The smallest absolute Gasteiger partial charge is 0.321 e. The number of esters is 1. The van der Waals surface area contributed by atoms with Gasteiger partial charge in [-0.3, -0.25) is 14.4 Å². The van der Waals surface area contributed by atoms with E-state index < -0.39 is 34.9 Å². The molecule has 39 heavy (non-hydrogen) atoms. The van der Waals surface area contributed by atoms with Gasteiger partial charge in [0.1, 0.15) is 19.8 Å². The molecule has 0 radical (unpaired) electrons. The van der Waals surface area contributed by atoms with E-state index in [-0.39, 0.29) is 10.8 Å². The predicted octanol–water partition coefficient (Wildman–Crippen LogP) is 2.87. The average molecular weight is 556 g/mol. The van der Waals surface area contributed by atoms with Crippen LogP contribution in [0.1, 0.15) is 28.7 Å². The molecule has 1 aliphatic rings. The number of likely N-dealkylation sites (N-methyl/N-ethyl adjacent to an activating group) is 1. The van der Waals surface area contributed by atoms with Gasteiger partial charge in [0.2, 0.25) is 21.7 Å². The van der Waals surface area contributed by atoms with Crippen LogP contribution in [-0.4, -0.2) is 68.4 Å². The zero-order valence-electron chi connectivity index (χ0n) is 22.0. The van der Waals surface area contributed by atoms with E-state index in [1.807, 2.05) is 29.7 Å². The normalized spacial score (nSPS) is 12.7. The quantitative estimate of drug-likeness (QED) is 0.315. The number of nitrogens with one attached hydrogen (secondary N) is 1. The monoisotopic (exact) mass is 555 g/mol. The number of rotatable bonds is 9. The van der Waals surface area contributed by atoms with Gasteiger partial charge in [-0.25, -0.2) is 8.42 Å².